The standard InChI is InChI=1S/C18H21ClN4O2/c19-14-9-11(5-6-16(14)25-12-3-1-2-4-12)21-18(24)17-13-10-20-8-7-15(13)22-23-17/h5-6,9,12,20H,1-4,7-8,10H2,(H,21,24)(H,22,23). The van der Waals surface area contributed by atoms with Crippen molar-refractivity contribution in [2.75, 3.05) is 11.9 Å². The third-order valence-electron chi connectivity index (χ3n) is 4.81. The minimum absolute atomic E-state index is 0.235. The van der Waals surface area contributed by atoms with Crippen LogP contribution in [0, 0.1) is 0 Å². The van der Waals surface area contributed by atoms with E-state index in [0.29, 0.717) is 28.7 Å². The van der Waals surface area contributed by atoms with E-state index in [1.54, 1.807) is 6.07 Å². The van der Waals surface area contributed by atoms with Gasteiger partial charge in [-0.2, -0.15) is 5.10 Å². The number of fused-ring (bicyclic) bond motifs is 1. The number of benzene rings is 1. The van der Waals surface area contributed by atoms with Crippen molar-refractivity contribution in [3.05, 3.63) is 40.2 Å². The number of nitrogens with zero attached hydrogens (tertiary/aromatic N) is 1. The Labute approximate surface area is 151 Å². The zero-order valence-electron chi connectivity index (χ0n) is 13.9. The van der Waals surface area contributed by atoms with Gasteiger partial charge >= 0.3 is 0 Å². The maximum Gasteiger partial charge on any atom is 0.276 e. The van der Waals surface area contributed by atoms with Crippen LogP contribution in [0.2, 0.25) is 5.02 Å². The van der Waals surface area contributed by atoms with E-state index in [2.05, 4.69) is 20.8 Å². The van der Waals surface area contributed by atoms with Crippen molar-refractivity contribution >= 4 is 23.2 Å². The second-order valence-corrected chi connectivity index (χ2v) is 6.99. The molecule has 1 saturated carbocycles. The Morgan fingerprint density at radius 2 is 2.16 bits per heavy atom. The first-order valence-electron chi connectivity index (χ1n) is 8.75. The van der Waals surface area contributed by atoms with Gasteiger partial charge in [0.25, 0.3) is 5.91 Å². The van der Waals surface area contributed by atoms with Crippen molar-refractivity contribution in [2.45, 2.75) is 44.8 Å². The summed E-state index contributed by atoms with van der Waals surface area (Å²) in [5.41, 5.74) is 3.04. The molecule has 0 unspecified atom stereocenters. The Hall–Kier alpha value is -2.05. The van der Waals surface area contributed by atoms with Crippen LogP contribution in [-0.4, -0.2) is 28.8 Å². The number of ether oxygens (including phenoxy) is 1. The first-order chi connectivity index (χ1) is 12.2. The number of halogens is 1. The van der Waals surface area contributed by atoms with Crippen LogP contribution in [0.15, 0.2) is 18.2 Å². The molecule has 1 aliphatic carbocycles. The van der Waals surface area contributed by atoms with Gasteiger partial charge < -0.3 is 15.4 Å². The molecular weight excluding hydrogens is 340 g/mol. The molecule has 3 N–H and O–H groups in total. The number of H-pyrrole nitrogens is 1. The summed E-state index contributed by atoms with van der Waals surface area (Å²) < 4.78 is 5.94. The third kappa shape index (κ3) is 3.50. The zero-order valence-corrected chi connectivity index (χ0v) is 14.7. The molecule has 0 atom stereocenters. The van der Waals surface area contributed by atoms with Crippen LogP contribution in [0.25, 0.3) is 0 Å². The lowest BCUT2D eigenvalue weighted by molar-refractivity contribution is 0.102. The number of nitrogens with one attached hydrogen (secondary N) is 3. The SMILES string of the molecule is O=C(Nc1ccc(OC2CCCC2)c(Cl)c1)c1n[nH]c2c1CNCC2. The van der Waals surface area contributed by atoms with Gasteiger partial charge in [0.15, 0.2) is 5.69 Å². The number of amides is 1. The van der Waals surface area contributed by atoms with Crippen molar-refractivity contribution in [3.8, 4) is 5.75 Å². The fourth-order valence-corrected chi connectivity index (χ4v) is 3.69. The highest BCUT2D eigenvalue weighted by Crippen LogP contribution is 2.32. The molecule has 0 radical (unpaired) electrons. The molecule has 1 aliphatic heterocycles. The monoisotopic (exact) mass is 360 g/mol. The van der Waals surface area contributed by atoms with E-state index in [0.717, 1.165) is 37.1 Å². The van der Waals surface area contributed by atoms with Crippen LogP contribution >= 0.6 is 11.6 Å². The second kappa shape index (κ2) is 7.06. The largest absolute Gasteiger partial charge is 0.489 e. The molecule has 0 bridgehead atoms. The summed E-state index contributed by atoms with van der Waals surface area (Å²) in [6, 6.07) is 5.35. The number of aromatic amines is 1. The van der Waals surface area contributed by atoms with Crippen LogP contribution in [0.1, 0.15) is 47.4 Å². The summed E-state index contributed by atoms with van der Waals surface area (Å²) in [5, 5.41) is 13.8. The first kappa shape index (κ1) is 16.4. The lowest BCUT2D eigenvalue weighted by Crippen LogP contribution is -2.25. The van der Waals surface area contributed by atoms with Gasteiger partial charge in [0, 0.05) is 36.5 Å². The Morgan fingerprint density at radius 1 is 1.32 bits per heavy atom. The van der Waals surface area contributed by atoms with Crippen LogP contribution in [0.5, 0.6) is 5.75 Å². The van der Waals surface area contributed by atoms with Crippen LogP contribution < -0.4 is 15.4 Å². The Kier molecular flexibility index (Phi) is 4.63. The quantitative estimate of drug-likeness (QED) is 0.781. The van der Waals surface area contributed by atoms with E-state index in [9.17, 15) is 4.79 Å². The number of carbonyl (C=O) groups is 1. The summed E-state index contributed by atoms with van der Waals surface area (Å²) in [6.07, 6.45) is 5.67. The highest BCUT2D eigenvalue weighted by atomic mass is 35.5. The van der Waals surface area contributed by atoms with Gasteiger partial charge in [0.05, 0.1) is 11.1 Å². The van der Waals surface area contributed by atoms with Gasteiger partial charge in [0.1, 0.15) is 5.75 Å². The van der Waals surface area contributed by atoms with Crippen LogP contribution in [0.3, 0.4) is 0 Å². The second-order valence-electron chi connectivity index (χ2n) is 6.58. The molecule has 2 heterocycles. The molecule has 1 amide bonds. The maximum absolute atomic E-state index is 12.5. The van der Waals surface area contributed by atoms with E-state index in [1.165, 1.54) is 12.8 Å². The smallest absolute Gasteiger partial charge is 0.276 e. The van der Waals surface area contributed by atoms with Gasteiger partial charge in [-0.15, -0.1) is 0 Å². The third-order valence-corrected chi connectivity index (χ3v) is 5.10. The average molecular weight is 361 g/mol. The molecule has 6 nitrogen and oxygen atoms in total. The normalized spacial score (nSPS) is 17.3. The lowest BCUT2D eigenvalue weighted by Gasteiger charge is -2.15. The lowest BCUT2D eigenvalue weighted by atomic mass is 10.1. The number of aromatic nitrogens is 2. The van der Waals surface area contributed by atoms with E-state index in [1.807, 2.05) is 12.1 Å². The summed E-state index contributed by atoms with van der Waals surface area (Å²) >= 11 is 6.32. The Morgan fingerprint density at radius 3 is 2.96 bits per heavy atom. The molecule has 1 aromatic heterocycles. The highest BCUT2D eigenvalue weighted by Gasteiger charge is 2.22. The molecule has 132 valence electrons. The van der Waals surface area contributed by atoms with Crippen LogP contribution in [0.4, 0.5) is 5.69 Å². The summed E-state index contributed by atoms with van der Waals surface area (Å²) in [5.74, 6) is 0.439. The molecule has 0 saturated heterocycles. The predicted octanol–water partition coefficient (Wildman–Crippen LogP) is 3.28. The number of carbonyl (C=O) groups excluding carboxylic acids is 1. The van der Waals surface area contributed by atoms with Crippen molar-refractivity contribution in [1.82, 2.24) is 15.5 Å². The molecule has 2 aromatic rings. The number of rotatable bonds is 4. The predicted molar refractivity (Wildman–Crippen MR) is 96.3 cm³/mol. The van der Waals surface area contributed by atoms with Gasteiger partial charge in [0.2, 0.25) is 0 Å². The zero-order chi connectivity index (χ0) is 17.2. The first-order valence-corrected chi connectivity index (χ1v) is 9.13. The fourth-order valence-electron chi connectivity index (χ4n) is 3.46. The number of anilines is 1. The average Bonchev–Trinajstić information content (AvgIpc) is 3.26. The maximum atomic E-state index is 12.5. The van der Waals surface area contributed by atoms with Crippen molar-refractivity contribution in [2.24, 2.45) is 0 Å². The molecular formula is C18H21ClN4O2. The molecule has 2 aliphatic rings. The number of hydrogen-bond acceptors (Lipinski definition) is 4. The molecule has 7 heteroatoms. The molecule has 1 aromatic carbocycles. The van der Waals surface area contributed by atoms with Crippen molar-refractivity contribution < 1.29 is 9.53 Å². The highest BCUT2D eigenvalue weighted by molar-refractivity contribution is 6.32. The van der Waals surface area contributed by atoms with E-state index in [-0.39, 0.29) is 12.0 Å². The molecule has 25 heavy (non-hydrogen) atoms. The topological polar surface area (TPSA) is 79.0 Å². The summed E-state index contributed by atoms with van der Waals surface area (Å²) in [4.78, 5) is 12.5. The summed E-state index contributed by atoms with van der Waals surface area (Å²) in [6.45, 7) is 1.55. The van der Waals surface area contributed by atoms with Gasteiger partial charge in [-0.1, -0.05) is 11.6 Å². The summed E-state index contributed by atoms with van der Waals surface area (Å²) in [7, 11) is 0. The fraction of sp³-hybridized carbons (Fsp3) is 0.444. The Balaban J connectivity index is 1.46. The molecule has 4 rings (SSSR count). The minimum atomic E-state index is -0.235. The van der Waals surface area contributed by atoms with E-state index < -0.39 is 0 Å². The van der Waals surface area contributed by atoms with Crippen molar-refractivity contribution in [1.29, 1.82) is 0 Å². The van der Waals surface area contributed by atoms with Gasteiger partial charge in [-0.05, 0) is 43.9 Å². The van der Waals surface area contributed by atoms with Gasteiger partial charge in [-0.3, -0.25) is 9.89 Å². The molecule has 1 fully saturated rings. The van der Waals surface area contributed by atoms with Crippen molar-refractivity contribution in [3.63, 3.8) is 0 Å². The van der Waals surface area contributed by atoms with E-state index >= 15 is 0 Å². The Bertz CT molecular complexity index is 783. The van der Waals surface area contributed by atoms with Gasteiger partial charge in [-0.25, -0.2) is 0 Å². The van der Waals surface area contributed by atoms with E-state index in [4.69, 9.17) is 16.3 Å². The van der Waals surface area contributed by atoms with Crippen LogP contribution in [-0.2, 0) is 13.0 Å². The molecule has 0 spiro atoms. The minimum Gasteiger partial charge on any atom is -0.489 e. The number of hydrogen-bond donors (Lipinski definition) is 3.